The maximum absolute atomic E-state index is 13.1. The van der Waals surface area contributed by atoms with E-state index in [4.69, 9.17) is 37.0 Å². The number of phosphoric acid groups is 2. The molecule has 0 saturated carbocycles. The molecule has 0 bridgehead atoms. The SMILES string of the molecule is CCCCCCCCCCCCCCCCCCCCC(=O)OC[C@H](COP(=O)(O)OC[C@@H](O)COP(=O)(O)OC[C@@H](COC(=O)CCCCCCCCC(C)CC)OC(=O)CCCCCCCCCCC(C)C)OC(=O)CCCCCCCCCCCCCCCCCCCCC(C)C. The van der Waals surface area contributed by atoms with Gasteiger partial charge in [0.15, 0.2) is 12.2 Å². The van der Waals surface area contributed by atoms with Crippen LogP contribution in [0.1, 0.15) is 421 Å². The van der Waals surface area contributed by atoms with Crippen molar-refractivity contribution in [1.82, 2.24) is 0 Å². The lowest BCUT2D eigenvalue weighted by atomic mass is 10.00. The molecule has 0 spiro atoms. The molecule has 3 N–H and O–H groups in total. The van der Waals surface area contributed by atoms with Crippen molar-refractivity contribution in [3.63, 3.8) is 0 Å². The molecule has 0 radical (unpaired) electrons. The molecule has 19 heteroatoms. The van der Waals surface area contributed by atoms with E-state index >= 15 is 0 Å². The number of esters is 4. The predicted octanol–water partition coefficient (Wildman–Crippen LogP) is 24.1. The second kappa shape index (κ2) is 71.3. The molecule has 0 aliphatic rings. The molecular formula is C81H158O17P2. The number of aliphatic hydroxyl groups excluding tert-OH is 1. The van der Waals surface area contributed by atoms with Gasteiger partial charge in [-0.2, -0.15) is 0 Å². The van der Waals surface area contributed by atoms with Crippen molar-refractivity contribution in [1.29, 1.82) is 0 Å². The number of carbonyl (C=O) groups excluding carboxylic acids is 4. The van der Waals surface area contributed by atoms with Gasteiger partial charge >= 0.3 is 39.5 Å². The van der Waals surface area contributed by atoms with Crippen LogP contribution < -0.4 is 0 Å². The number of phosphoric ester groups is 2. The van der Waals surface area contributed by atoms with Crippen molar-refractivity contribution < 1.29 is 80.2 Å². The van der Waals surface area contributed by atoms with Crippen LogP contribution in [0.5, 0.6) is 0 Å². The van der Waals surface area contributed by atoms with Crippen LogP contribution in [0.2, 0.25) is 0 Å². The third-order valence-corrected chi connectivity index (χ3v) is 21.1. The van der Waals surface area contributed by atoms with E-state index in [0.29, 0.717) is 25.7 Å². The Labute approximate surface area is 613 Å². The Bertz CT molecular complexity index is 1940. The molecule has 0 fully saturated rings. The molecule has 17 nitrogen and oxygen atoms in total. The van der Waals surface area contributed by atoms with Crippen LogP contribution in [-0.4, -0.2) is 96.7 Å². The molecule has 0 saturated heterocycles. The number of hydrogen-bond acceptors (Lipinski definition) is 15. The van der Waals surface area contributed by atoms with Crippen molar-refractivity contribution in [2.24, 2.45) is 17.8 Å². The van der Waals surface area contributed by atoms with E-state index in [9.17, 15) is 43.2 Å². The minimum Gasteiger partial charge on any atom is -0.462 e. The summed E-state index contributed by atoms with van der Waals surface area (Å²) >= 11 is 0. The molecule has 0 aromatic rings. The third kappa shape index (κ3) is 73.0. The monoisotopic (exact) mass is 1470 g/mol. The van der Waals surface area contributed by atoms with Crippen LogP contribution in [0.3, 0.4) is 0 Å². The molecule has 0 heterocycles. The van der Waals surface area contributed by atoms with Gasteiger partial charge in [0, 0.05) is 25.7 Å². The molecule has 0 rings (SSSR count). The summed E-state index contributed by atoms with van der Waals surface area (Å²) in [5.74, 6) is 0.154. The van der Waals surface area contributed by atoms with E-state index in [2.05, 4.69) is 48.5 Å². The van der Waals surface area contributed by atoms with Crippen LogP contribution in [0.4, 0.5) is 0 Å². The van der Waals surface area contributed by atoms with E-state index in [1.165, 1.54) is 225 Å². The Morgan fingerprint density at radius 3 is 0.760 bits per heavy atom. The first-order valence-electron chi connectivity index (χ1n) is 41.9. The van der Waals surface area contributed by atoms with Gasteiger partial charge in [-0.25, -0.2) is 9.13 Å². The van der Waals surface area contributed by atoms with Gasteiger partial charge in [0.05, 0.1) is 26.4 Å². The van der Waals surface area contributed by atoms with Gasteiger partial charge in [0.1, 0.15) is 19.3 Å². The van der Waals surface area contributed by atoms with Gasteiger partial charge in [-0.1, -0.05) is 370 Å². The summed E-state index contributed by atoms with van der Waals surface area (Å²) in [6, 6.07) is 0. The first kappa shape index (κ1) is 98.1. The highest BCUT2D eigenvalue weighted by Gasteiger charge is 2.30. The van der Waals surface area contributed by atoms with Gasteiger partial charge in [-0.15, -0.1) is 0 Å². The molecule has 3 unspecified atom stereocenters. The fraction of sp³-hybridized carbons (Fsp3) is 0.951. The summed E-state index contributed by atoms with van der Waals surface area (Å²) in [6.07, 6.45) is 59.9. The number of unbranched alkanes of at least 4 members (excludes halogenated alkanes) is 46. The average Bonchev–Trinajstić information content (AvgIpc) is 1.16. The number of hydrogen-bond donors (Lipinski definition) is 3. The predicted molar refractivity (Wildman–Crippen MR) is 409 cm³/mol. The summed E-state index contributed by atoms with van der Waals surface area (Å²) in [5, 5.41) is 10.6. The van der Waals surface area contributed by atoms with Crippen LogP contribution in [0.15, 0.2) is 0 Å². The molecule has 594 valence electrons. The Morgan fingerprint density at radius 2 is 0.510 bits per heavy atom. The van der Waals surface area contributed by atoms with E-state index in [1.54, 1.807) is 0 Å². The van der Waals surface area contributed by atoms with E-state index in [1.807, 2.05) is 0 Å². The molecule has 6 atom stereocenters. The highest BCUT2D eigenvalue weighted by atomic mass is 31.2. The number of ether oxygens (including phenoxy) is 4. The van der Waals surface area contributed by atoms with Gasteiger partial charge in [0.25, 0.3) is 0 Å². The maximum atomic E-state index is 13.1. The molecule has 0 aliphatic heterocycles. The summed E-state index contributed by atoms with van der Waals surface area (Å²) < 4.78 is 68.7. The fourth-order valence-electron chi connectivity index (χ4n) is 12.5. The van der Waals surface area contributed by atoms with Crippen molar-refractivity contribution in [2.45, 2.75) is 439 Å². The zero-order valence-corrected chi connectivity index (χ0v) is 67.5. The third-order valence-electron chi connectivity index (χ3n) is 19.2. The minimum absolute atomic E-state index is 0.104. The summed E-state index contributed by atoms with van der Waals surface area (Å²) in [5.41, 5.74) is 0. The fourth-order valence-corrected chi connectivity index (χ4v) is 14.0. The second-order valence-corrected chi connectivity index (χ2v) is 33.3. The van der Waals surface area contributed by atoms with Crippen molar-refractivity contribution in [2.75, 3.05) is 39.6 Å². The summed E-state index contributed by atoms with van der Waals surface area (Å²) in [4.78, 5) is 73.0. The molecule has 0 aromatic heterocycles. The number of rotatable bonds is 79. The molecular weight excluding hydrogens is 1310 g/mol. The van der Waals surface area contributed by atoms with Gasteiger partial charge in [0.2, 0.25) is 0 Å². The topological polar surface area (TPSA) is 237 Å². The quantitative estimate of drug-likeness (QED) is 0.0222. The normalized spacial score (nSPS) is 14.2. The lowest BCUT2D eigenvalue weighted by Crippen LogP contribution is -2.30. The smallest absolute Gasteiger partial charge is 0.462 e. The Hall–Kier alpha value is -1.94. The highest BCUT2D eigenvalue weighted by Crippen LogP contribution is 2.45. The number of carbonyl (C=O) groups is 4. The van der Waals surface area contributed by atoms with Gasteiger partial charge in [-0.05, 0) is 43.4 Å². The largest absolute Gasteiger partial charge is 0.472 e. The standard InChI is InChI=1S/C81H158O17P2/c1-8-10-11-12-13-14-15-16-17-18-22-25-28-31-34-40-48-55-62-78(83)91-68-76(97-80(85)64-57-50-41-35-32-29-26-23-20-19-21-24-27-30-33-38-45-52-59-72(3)4)70-95-99(87,88)93-66-75(82)67-94-100(89,90)96-71-77(69-92-79(84)63-56-49-44-43-47-54-61-74(7)9-2)98-81(86)65-58-51-42-37-36-39-46-53-60-73(5)6/h72-77,82H,8-71H2,1-7H3,(H,87,88)(H,89,90)/t74?,75-,76-,77-/m1/s1. The lowest BCUT2D eigenvalue weighted by molar-refractivity contribution is -0.161. The van der Waals surface area contributed by atoms with Crippen molar-refractivity contribution >= 4 is 39.5 Å². The first-order valence-corrected chi connectivity index (χ1v) is 44.9. The summed E-state index contributed by atoms with van der Waals surface area (Å²) in [6.45, 7) is 11.9. The van der Waals surface area contributed by atoms with Crippen LogP contribution in [0.25, 0.3) is 0 Å². The van der Waals surface area contributed by atoms with Crippen LogP contribution in [-0.2, 0) is 65.4 Å². The average molecular weight is 1470 g/mol. The second-order valence-electron chi connectivity index (χ2n) is 30.4. The van der Waals surface area contributed by atoms with E-state index in [0.717, 1.165) is 114 Å². The van der Waals surface area contributed by atoms with Gasteiger partial charge in [-0.3, -0.25) is 37.3 Å². The first-order chi connectivity index (χ1) is 48.3. The van der Waals surface area contributed by atoms with Gasteiger partial charge < -0.3 is 33.8 Å². The zero-order valence-electron chi connectivity index (χ0n) is 65.7. The van der Waals surface area contributed by atoms with E-state index < -0.39 is 97.5 Å². The number of aliphatic hydroxyl groups is 1. The zero-order chi connectivity index (χ0) is 73.7. The lowest BCUT2D eigenvalue weighted by Gasteiger charge is -2.21. The Kier molecular flexibility index (Phi) is 69.9. The minimum atomic E-state index is -4.96. The van der Waals surface area contributed by atoms with E-state index in [-0.39, 0.29) is 25.7 Å². The van der Waals surface area contributed by atoms with Crippen LogP contribution in [0, 0.1) is 17.8 Å². The van der Waals surface area contributed by atoms with Crippen LogP contribution >= 0.6 is 15.6 Å². The van der Waals surface area contributed by atoms with Crippen molar-refractivity contribution in [3.05, 3.63) is 0 Å². The Balaban J connectivity index is 5.21. The van der Waals surface area contributed by atoms with Crippen molar-refractivity contribution in [3.8, 4) is 0 Å². The molecule has 0 aromatic carbocycles. The molecule has 0 amide bonds. The molecule has 100 heavy (non-hydrogen) atoms. The Morgan fingerprint density at radius 1 is 0.290 bits per heavy atom. The highest BCUT2D eigenvalue weighted by molar-refractivity contribution is 7.47. The molecule has 0 aliphatic carbocycles. The maximum Gasteiger partial charge on any atom is 0.472 e. The summed E-state index contributed by atoms with van der Waals surface area (Å²) in [7, 11) is -9.92.